The number of para-hydroxylation sites is 1. The maximum absolute atomic E-state index is 12.6. The second kappa shape index (κ2) is 6.33. The number of anilines is 1. The molecule has 0 unspecified atom stereocenters. The van der Waals surface area contributed by atoms with Gasteiger partial charge in [-0.3, -0.25) is 21.0 Å². The number of carbonyl (C=O) groups is 1. The van der Waals surface area contributed by atoms with Gasteiger partial charge in [-0.2, -0.15) is 0 Å². The van der Waals surface area contributed by atoms with Crippen LogP contribution in [-0.4, -0.2) is 42.0 Å². The van der Waals surface area contributed by atoms with Gasteiger partial charge in [-0.15, -0.1) is 0 Å². The average Bonchev–Trinajstić information content (AvgIpc) is 2.39. The fourth-order valence-corrected chi connectivity index (χ4v) is 2.08. The Balaban J connectivity index is 2.38. The van der Waals surface area contributed by atoms with E-state index >= 15 is 0 Å². The zero-order valence-electron chi connectivity index (χ0n) is 12.9. The summed E-state index contributed by atoms with van der Waals surface area (Å²) < 4.78 is 10.6. The molecule has 1 aliphatic rings. The lowest BCUT2D eigenvalue weighted by atomic mass is 10.1. The van der Waals surface area contributed by atoms with E-state index in [1.165, 1.54) is 4.90 Å². The summed E-state index contributed by atoms with van der Waals surface area (Å²) in [6.45, 7) is 6.21. The first kappa shape index (κ1) is 16.3. The number of carbonyl (C=O) groups excluding carboxylic acids is 1. The van der Waals surface area contributed by atoms with Crippen LogP contribution in [-0.2, 0) is 9.47 Å². The topological polar surface area (TPSA) is 94.9 Å². The molecule has 3 N–H and O–H groups in total. The van der Waals surface area contributed by atoms with Crippen LogP contribution in [0.15, 0.2) is 24.3 Å². The van der Waals surface area contributed by atoms with E-state index < -0.39 is 11.7 Å². The Hall–Kier alpha value is -2.12. The van der Waals surface area contributed by atoms with Crippen molar-refractivity contribution in [3.63, 3.8) is 0 Å². The van der Waals surface area contributed by atoms with E-state index in [1.807, 2.05) is 5.48 Å². The van der Waals surface area contributed by atoms with Crippen LogP contribution in [0.5, 0.6) is 0 Å². The first-order chi connectivity index (χ1) is 10.3. The molecule has 0 bridgehead atoms. The Morgan fingerprint density at radius 3 is 2.55 bits per heavy atom. The summed E-state index contributed by atoms with van der Waals surface area (Å²) >= 11 is 0. The SMILES string of the molecule is CC(C)(C)OC(=O)N(c1ccccc1C(=N)NO)C1COC1. The molecule has 1 heterocycles. The first-order valence-electron chi connectivity index (χ1n) is 7.01. The molecule has 1 aromatic carbocycles. The Bertz CT molecular complexity index is 564. The summed E-state index contributed by atoms with van der Waals surface area (Å²) in [5.41, 5.74) is 2.09. The van der Waals surface area contributed by atoms with Gasteiger partial charge in [0.25, 0.3) is 0 Å². The maximum atomic E-state index is 12.6. The molecular weight excluding hydrogens is 286 g/mol. The largest absolute Gasteiger partial charge is 0.443 e. The van der Waals surface area contributed by atoms with Crippen molar-refractivity contribution in [1.29, 1.82) is 5.41 Å². The van der Waals surface area contributed by atoms with E-state index in [2.05, 4.69) is 0 Å². The zero-order valence-corrected chi connectivity index (χ0v) is 12.9. The summed E-state index contributed by atoms with van der Waals surface area (Å²) in [5, 5.41) is 16.8. The number of amidine groups is 1. The number of nitrogens with zero attached hydrogens (tertiary/aromatic N) is 1. The number of amides is 1. The van der Waals surface area contributed by atoms with Crippen LogP contribution in [0.2, 0.25) is 0 Å². The molecule has 0 atom stereocenters. The van der Waals surface area contributed by atoms with Crippen LogP contribution < -0.4 is 10.4 Å². The van der Waals surface area contributed by atoms with Crippen LogP contribution in [0, 0.1) is 5.41 Å². The second-order valence-corrected chi connectivity index (χ2v) is 6.05. The molecule has 0 saturated carbocycles. The molecule has 1 fully saturated rings. The van der Waals surface area contributed by atoms with Crippen molar-refractivity contribution in [3.05, 3.63) is 29.8 Å². The Morgan fingerprint density at radius 1 is 1.41 bits per heavy atom. The van der Waals surface area contributed by atoms with Crippen molar-refractivity contribution in [1.82, 2.24) is 5.48 Å². The number of nitrogens with one attached hydrogen (secondary N) is 2. The summed E-state index contributed by atoms with van der Waals surface area (Å²) in [7, 11) is 0. The third-order valence-corrected chi connectivity index (χ3v) is 3.12. The number of rotatable bonds is 3. The third kappa shape index (κ3) is 3.55. The Labute approximate surface area is 129 Å². The van der Waals surface area contributed by atoms with Gasteiger partial charge in [-0.05, 0) is 32.9 Å². The van der Waals surface area contributed by atoms with Crippen LogP contribution in [0.4, 0.5) is 10.5 Å². The van der Waals surface area contributed by atoms with Crippen molar-refractivity contribution in [3.8, 4) is 0 Å². The van der Waals surface area contributed by atoms with Gasteiger partial charge in [-0.25, -0.2) is 4.79 Å². The van der Waals surface area contributed by atoms with Gasteiger partial charge in [0.15, 0.2) is 5.84 Å². The highest BCUT2D eigenvalue weighted by Crippen LogP contribution is 2.27. The minimum absolute atomic E-state index is 0.150. The lowest BCUT2D eigenvalue weighted by Crippen LogP contribution is -2.53. The van der Waals surface area contributed by atoms with Crippen LogP contribution in [0.1, 0.15) is 26.3 Å². The quantitative estimate of drug-likeness (QED) is 0.452. The highest BCUT2D eigenvalue weighted by atomic mass is 16.6. The molecule has 0 aliphatic carbocycles. The van der Waals surface area contributed by atoms with E-state index in [4.69, 9.17) is 20.1 Å². The van der Waals surface area contributed by atoms with E-state index in [1.54, 1.807) is 45.0 Å². The van der Waals surface area contributed by atoms with E-state index in [9.17, 15) is 4.79 Å². The standard InChI is InChI=1S/C15H21N3O4/c1-15(2,3)22-14(19)18(10-8-21-9-10)12-7-5-4-6-11(12)13(16)17-20/h4-7,10,20H,8-9H2,1-3H3,(H2,16,17). The smallest absolute Gasteiger partial charge is 0.415 e. The maximum Gasteiger partial charge on any atom is 0.415 e. The van der Waals surface area contributed by atoms with Gasteiger partial charge >= 0.3 is 6.09 Å². The first-order valence-corrected chi connectivity index (χ1v) is 7.01. The summed E-state index contributed by atoms with van der Waals surface area (Å²) in [5.74, 6) is -0.190. The molecule has 0 radical (unpaired) electrons. The number of ether oxygens (including phenoxy) is 2. The third-order valence-electron chi connectivity index (χ3n) is 3.12. The van der Waals surface area contributed by atoms with Crippen molar-refractivity contribution in [2.45, 2.75) is 32.4 Å². The Morgan fingerprint density at radius 2 is 2.05 bits per heavy atom. The summed E-state index contributed by atoms with van der Waals surface area (Å²) in [6, 6.07) is 6.71. The highest BCUT2D eigenvalue weighted by molar-refractivity contribution is 6.04. The molecule has 120 valence electrons. The van der Waals surface area contributed by atoms with Gasteiger partial charge in [0.05, 0.1) is 24.9 Å². The van der Waals surface area contributed by atoms with Crippen molar-refractivity contribution < 1.29 is 19.5 Å². The lowest BCUT2D eigenvalue weighted by molar-refractivity contribution is -0.000381. The minimum Gasteiger partial charge on any atom is -0.443 e. The summed E-state index contributed by atoms with van der Waals surface area (Å²) in [4.78, 5) is 14.0. The molecule has 0 spiro atoms. The predicted octanol–water partition coefficient (Wildman–Crippen LogP) is 2.13. The molecule has 7 nitrogen and oxygen atoms in total. The fourth-order valence-electron chi connectivity index (χ4n) is 2.08. The van der Waals surface area contributed by atoms with E-state index in [-0.39, 0.29) is 11.9 Å². The van der Waals surface area contributed by atoms with E-state index in [0.717, 1.165) is 0 Å². The molecular formula is C15H21N3O4. The number of hydrogen-bond acceptors (Lipinski definition) is 5. The van der Waals surface area contributed by atoms with Gasteiger partial charge in [0.1, 0.15) is 5.60 Å². The van der Waals surface area contributed by atoms with Gasteiger partial charge in [0.2, 0.25) is 0 Å². The summed E-state index contributed by atoms with van der Waals surface area (Å²) in [6.07, 6.45) is -0.501. The van der Waals surface area contributed by atoms with Crippen molar-refractivity contribution >= 4 is 17.6 Å². The number of hydroxylamine groups is 1. The fraction of sp³-hybridized carbons (Fsp3) is 0.467. The Kier molecular flexibility index (Phi) is 4.68. The van der Waals surface area contributed by atoms with Crippen molar-refractivity contribution in [2.75, 3.05) is 18.1 Å². The van der Waals surface area contributed by atoms with Crippen molar-refractivity contribution in [2.24, 2.45) is 0 Å². The molecule has 1 aromatic rings. The van der Waals surface area contributed by atoms with Gasteiger partial charge < -0.3 is 9.47 Å². The monoisotopic (exact) mass is 307 g/mol. The van der Waals surface area contributed by atoms with Crippen LogP contribution in [0.25, 0.3) is 0 Å². The lowest BCUT2D eigenvalue weighted by Gasteiger charge is -2.38. The van der Waals surface area contributed by atoms with Gasteiger partial charge in [-0.1, -0.05) is 12.1 Å². The number of hydrogen-bond donors (Lipinski definition) is 3. The van der Waals surface area contributed by atoms with E-state index in [0.29, 0.717) is 24.5 Å². The van der Waals surface area contributed by atoms with Crippen LogP contribution >= 0.6 is 0 Å². The normalized spacial score (nSPS) is 14.9. The minimum atomic E-state index is -0.627. The second-order valence-electron chi connectivity index (χ2n) is 6.05. The highest BCUT2D eigenvalue weighted by Gasteiger charge is 2.35. The van der Waals surface area contributed by atoms with Gasteiger partial charge in [0, 0.05) is 5.56 Å². The number of benzene rings is 1. The molecule has 22 heavy (non-hydrogen) atoms. The molecule has 2 rings (SSSR count). The molecule has 1 saturated heterocycles. The molecule has 1 amide bonds. The zero-order chi connectivity index (χ0) is 16.3. The average molecular weight is 307 g/mol. The van der Waals surface area contributed by atoms with Crippen LogP contribution in [0.3, 0.4) is 0 Å². The molecule has 1 aliphatic heterocycles. The molecule has 7 heteroatoms. The molecule has 0 aromatic heterocycles. The predicted molar refractivity (Wildman–Crippen MR) is 81.5 cm³/mol.